The highest BCUT2D eigenvalue weighted by Crippen LogP contribution is 2.15. The van der Waals surface area contributed by atoms with E-state index in [4.69, 9.17) is 10.5 Å². The van der Waals surface area contributed by atoms with Crippen LogP contribution in [0.15, 0.2) is 16.6 Å². The second kappa shape index (κ2) is 6.05. The Hall–Kier alpha value is -1.03. The van der Waals surface area contributed by atoms with Crippen molar-refractivity contribution in [2.75, 3.05) is 32.8 Å². The predicted molar refractivity (Wildman–Crippen MR) is 70.0 cm³/mol. The van der Waals surface area contributed by atoms with Crippen LogP contribution in [0.25, 0.3) is 0 Å². The van der Waals surface area contributed by atoms with Gasteiger partial charge in [0.25, 0.3) is 0 Å². The van der Waals surface area contributed by atoms with E-state index in [9.17, 15) is 0 Å². The summed E-state index contributed by atoms with van der Waals surface area (Å²) in [5.41, 5.74) is 7.40. The van der Waals surface area contributed by atoms with Gasteiger partial charge in [-0.3, -0.25) is 0 Å². The quantitative estimate of drug-likeness (QED) is 0.448. The molecule has 0 radical (unpaired) electrons. The van der Waals surface area contributed by atoms with Gasteiger partial charge in [-0.2, -0.15) is 0 Å². The van der Waals surface area contributed by atoms with Crippen molar-refractivity contribution < 1.29 is 4.74 Å². The molecule has 2 aliphatic rings. The molecule has 17 heavy (non-hydrogen) atoms. The first-order valence-electron chi connectivity index (χ1n) is 6.56. The maximum atomic E-state index is 6.05. The molecule has 96 valence electrons. The van der Waals surface area contributed by atoms with Crippen molar-refractivity contribution in [2.45, 2.75) is 26.2 Å². The SMILES string of the molecule is CC1CCCN(C(N)=NCC2=CCOCC2)C1. The number of hydrogen-bond donors (Lipinski definition) is 1. The molecule has 0 aromatic heterocycles. The van der Waals surface area contributed by atoms with E-state index in [0.29, 0.717) is 5.96 Å². The normalized spacial score (nSPS) is 26.9. The molecule has 0 aromatic carbocycles. The Morgan fingerprint density at radius 1 is 1.65 bits per heavy atom. The van der Waals surface area contributed by atoms with E-state index < -0.39 is 0 Å². The molecule has 0 bridgehead atoms. The van der Waals surface area contributed by atoms with Gasteiger partial charge >= 0.3 is 0 Å². The van der Waals surface area contributed by atoms with E-state index in [1.54, 1.807) is 0 Å². The summed E-state index contributed by atoms with van der Waals surface area (Å²) in [5.74, 6) is 1.45. The maximum absolute atomic E-state index is 6.05. The summed E-state index contributed by atoms with van der Waals surface area (Å²) < 4.78 is 5.27. The minimum atomic E-state index is 0.712. The van der Waals surface area contributed by atoms with Crippen LogP contribution in [-0.4, -0.2) is 43.7 Å². The first-order valence-corrected chi connectivity index (χ1v) is 6.56. The van der Waals surface area contributed by atoms with Gasteiger partial charge in [-0.1, -0.05) is 13.0 Å². The summed E-state index contributed by atoms with van der Waals surface area (Å²) in [6, 6.07) is 0. The van der Waals surface area contributed by atoms with Gasteiger partial charge in [-0.25, -0.2) is 4.99 Å². The summed E-state index contributed by atoms with van der Waals surface area (Å²) >= 11 is 0. The first kappa shape index (κ1) is 12.4. The summed E-state index contributed by atoms with van der Waals surface area (Å²) in [6.07, 6.45) is 5.66. The number of guanidine groups is 1. The third kappa shape index (κ3) is 3.73. The zero-order valence-corrected chi connectivity index (χ0v) is 10.7. The van der Waals surface area contributed by atoms with Crippen molar-refractivity contribution in [1.82, 2.24) is 4.90 Å². The molecule has 0 aliphatic carbocycles. The minimum absolute atomic E-state index is 0.712. The van der Waals surface area contributed by atoms with Gasteiger partial charge in [0.2, 0.25) is 0 Å². The standard InChI is InChI=1S/C13H23N3O/c1-11-3-2-6-16(10-11)13(14)15-9-12-4-7-17-8-5-12/h4,11H,2-3,5-10H2,1H3,(H2,14,15). The largest absolute Gasteiger partial charge is 0.377 e. The number of nitrogens with zero attached hydrogens (tertiary/aromatic N) is 2. The lowest BCUT2D eigenvalue weighted by Crippen LogP contribution is -2.43. The number of aliphatic imine (C=N–C) groups is 1. The van der Waals surface area contributed by atoms with E-state index in [2.05, 4.69) is 22.9 Å². The van der Waals surface area contributed by atoms with Gasteiger partial charge in [0.1, 0.15) is 0 Å². The highest BCUT2D eigenvalue weighted by molar-refractivity contribution is 5.78. The number of ether oxygens (including phenoxy) is 1. The molecule has 0 amide bonds. The number of hydrogen-bond acceptors (Lipinski definition) is 2. The van der Waals surface area contributed by atoms with Crippen LogP contribution < -0.4 is 5.73 Å². The molecule has 1 atom stereocenters. The third-order valence-corrected chi connectivity index (χ3v) is 3.48. The molecular formula is C13H23N3O. The molecule has 1 saturated heterocycles. The van der Waals surface area contributed by atoms with E-state index in [1.807, 2.05) is 0 Å². The molecule has 2 N–H and O–H groups in total. The lowest BCUT2D eigenvalue weighted by Gasteiger charge is -2.31. The Labute approximate surface area is 104 Å². The van der Waals surface area contributed by atoms with Gasteiger partial charge < -0.3 is 15.4 Å². The predicted octanol–water partition coefficient (Wildman–Crippen LogP) is 1.38. The number of rotatable bonds is 2. The molecule has 2 heterocycles. The Balaban J connectivity index is 1.85. The molecule has 1 unspecified atom stereocenters. The van der Waals surface area contributed by atoms with Gasteiger partial charge in [-0.05, 0) is 30.8 Å². The highest BCUT2D eigenvalue weighted by Gasteiger charge is 2.17. The Bertz CT molecular complexity index is 312. The molecular weight excluding hydrogens is 214 g/mol. The van der Waals surface area contributed by atoms with Crippen molar-refractivity contribution in [1.29, 1.82) is 0 Å². The zero-order valence-electron chi connectivity index (χ0n) is 10.7. The van der Waals surface area contributed by atoms with E-state index in [1.165, 1.54) is 18.4 Å². The second-order valence-corrected chi connectivity index (χ2v) is 5.06. The lowest BCUT2D eigenvalue weighted by atomic mass is 10.0. The summed E-state index contributed by atoms with van der Waals surface area (Å²) in [5, 5.41) is 0. The zero-order chi connectivity index (χ0) is 12.1. The number of likely N-dealkylation sites (tertiary alicyclic amines) is 1. The van der Waals surface area contributed by atoms with E-state index in [0.717, 1.165) is 45.2 Å². The highest BCUT2D eigenvalue weighted by atomic mass is 16.5. The van der Waals surface area contributed by atoms with Crippen LogP contribution in [0.5, 0.6) is 0 Å². The molecule has 0 spiro atoms. The maximum Gasteiger partial charge on any atom is 0.191 e. The monoisotopic (exact) mass is 237 g/mol. The molecule has 2 rings (SSSR count). The van der Waals surface area contributed by atoms with Crippen molar-refractivity contribution in [3.05, 3.63) is 11.6 Å². The molecule has 0 aromatic rings. The van der Waals surface area contributed by atoms with Gasteiger partial charge in [0.05, 0.1) is 19.8 Å². The van der Waals surface area contributed by atoms with Crippen LogP contribution in [0, 0.1) is 5.92 Å². The van der Waals surface area contributed by atoms with Crippen LogP contribution in [0.4, 0.5) is 0 Å². The van der Waals surface area contributed by atoms with Crippen molar-refractivity contribution in [3.63, 3.8) is 0 Å². The van der Waals surface area contributed by atoms with E-state index >= 15 is 0 Å². The van der Waals surface area contributed by atoms with Crippen molar-refractivity contribution in [3.8, 4) is 0 Å². The minimum Gasteiger partial charge on any atom is -0.377 e. The van der Waals surface area contributed by atoms with E-state index in [-0.39, 0.29) is 0 Å². The number of nitrogens with two attached hydrogens (primary N) is 1. The van der Waals surface area contributed by atoms with Crippen molar-refractivity contribution in [2.24, 2.45) is 16.6 Å². The summed E-state index contributed by atoms with van der Waals surface area (Å²) in [6.45, 7) is 6.67. The fourth-order valence-corrected chi connectivity index (χ4v) is 2.39. The molecule has 2 aliphatic heterocycles. The topological polar surface area (TPSA) is 50.8 Å². The third-order valence-electron chi connectivity index (χ3n) is 3.48. The number of piperidine rings is 1. The summed E-state index contributed by atoms with van der Waals surface area (Å²) in [4.78, 5) is 6.72. The molecule has 4 heteroatoms. The fraction of sp³-hybridized carbons (Fsp3) is 0.769. The molecule has 4 nitrogen and oxygen atoms in total. The Morgan fingerprint density at radius 3 is 3.24 bits per heavy atom. The van der Waals surface area contributed by atoms with Crippen LogP contribution >= 0.6 is 0 Å². The first-order chi connectivity index (χ1) is 8.25. The second-order valence-electron chi connectivity index (χ2n) is 5.06. The lowest BCUT2D eigenvalue weighted by molar-refractivity contribution is 0.154. The van der Waals surface area contributed by atoms with Crippen LogP contribution in [-0.2, 0) is 4.74 Å². The average Bonchev–Trinajstić information content (AvgIpc) is 2.37. The molecule has 0 saturated carbocycles. The van der Waals surface area contributed by atoms with Gasteiger partial charge in [0, 0.05) is 13.1 Å². The van der Waals surface area contributed by atoms with Gasteiger partial charge in [-0.15, -0.1) is 0 Å². The molecule has 1 fully saturated rings. The Kier molecular flexibility index (Phi) is 4.42. The van der Waals surface area contributed by atoms with Crippen LogP contribution in [0.1, 0.15) is 26.2 Å². The van der Waals surface area contributed by atoms with Crippen molar-refractivity contribution >= 4 is 5.96 Å². The van der Waals surface area contributed by atoms with Crippen LogP contribution in [0.2, 0.25) is 0 Å². The average molecular weight is 237 g/mol. The smallest absolute Gasteiger partial charge is 0.191 e. The van der Waals surface area contributed by atoms with Crippen LogP contribution in [0.3, 0.4) is 0 Å². The van der Waals surface area contributed by atoms with Gasteiger partial charge in [0.15, 0.2) is 5.96 Å². The Morgan fingerprint density at radius 2 is 2.53 bits per heavy atom. The summed E-state index contributed by atoms with van der Waals surface area (Å²) in [7, 11) is 0. The fourth-order valence-electron chi connectivity index (χ4n) is 2.39.